The second kappa shape index (κ2) is 9.85. The molecular formula is C18H29N3O4S. The van der Waals surface area contributed by atoms with Crippen LogP contribution in [-0.2, 0) is 19.1 Å². The third-order valence-corrected chi connectivity index (χ3v) is 5.06. The Morgan fingerprint density at radius 2 is 2.00 bits per heavy atom. The van der Waals surface area contributed by atoms with Crippen LogP contribution >= 0.6 is 12.2 Å². The van der Waals surface area contributed by atoms with Crippen LogP contribution < -0.4 is 10.6 Å². The lowest BCUT2D eigenvalue weighted by Crippen LogP contribution is -2.60. The zero-order valence-electron chi connectivity index (χ0n) is 15.6. The normalized spacial score (nSPS) is 20.8. The van der Waals surface area contributed by atoms with Crippen LogP contribution in [-0.4, -0.2) is 53.5 Å². The van der Waals surface area contributed by atoms with Gasteiger partial charge < -0.3 is 20.3 Å². The number of hydrogen-bond donors (Lipinski definition) is 2. The van der Waals surface area contributed by atoms with Crippen molar-refractivity contribution < 1.29 is 19.1 Å². The molecule has 1 atom stereocenters. The van der Waals surface area contributed by atoms with Gasteiger partial charge in [0.1, 0.15) is 6.04 Å². The number of carbonyl (C=O) groups excluding carboxylic acids is 3. The van der Waals surface area contributed by atoms with E-state index in [-0.39, 0.29) is 29.3 Å². The first-order valence-electron chi connectivity index (χ1n) is 9.40. The molecule has 1 unspecified atom stereocenters. The fourth-order valence-corrected chi connectivity index (χ4v) is 3.69. The van der Waals surface area contributed by atoms with Crippen LogP contribution in [0.4, 0.5) is 0 Å². The van der Waals surface area contributed by atoms with Crippen molar-refractivity contribution in [1.82, 2.24) is 15.5 Å². The maximum atomic E-state index is 12.2. The van der Waals surface area contributed by atoms with Gasteiger partial charge >= 0.3 is 5.97 Å². The number of nitrogens with zero attached hydrogens (tertiary/aromatic N) is 1. The SMILES string of the molecule is CC(C)COC(=O)CC1C(=O)NCCN1C(=S)NC(=O)CC1CCCC1. The molecule has 2 amide bonds. The van der Waals surface area contributed by atoms with Gasteiger partial charge in [-0.1, -0.05) is 26.7 Å². The Bertz CT molecular complexity index is 547. The molecule has 7 nitrogen and oxygen atoms in total. The quantitative estimate of drug-likeness (QED) is 0.532. The number of amides is 2. The van der Waals surface area contributed by atoms with Crippen molar-refractivity contribution in [2.24, 2.45) is 11.8 Å². The highest BCUT2D eigenvalue weighted by molar-refractivity contribution is 7.80. The summed E-state index contributed by atoms with van der Waals surface area (Å²) in [5, 5.41) is 5.69. The summed E-state index contributed by atoms with van der Waals surface area (Å²) in [7, 11) is 0. The Labute approximate surface area is 160 Å². The predicted octanol–water partition coefficient (Wildman–Crippen LogP) is 1.36. The van der Waals surface area contributed by atoms with E-state index < -0.39 is 12.0 Å². The van der Waals surface area contributed by atoms with E-state index in [0.29, 0.717) is 32.0 Å². The van der Waals surface area contributed by atoms with Crippen LogP contribution in [0.3, 0.4) is 0 Å². The first kappa shape index (κ1) is 20.6. The largest absolute Gasteiger partial charge is 0.465 e. The molecule has 2 N–H and O–H groups in total. The van der Waals surface area contributed by atoms with E-state index in [1.807, 2.05) is 13.8 Å². The van der Waals surface area contributed by atoms with Crippen LogP contribution in [0, 0.1) is 11.8 Å². The number of carbonyl (C=O) groups is 3. The first-order valence-corrected chi connectivity index (χ1v) is 9.81. The molecule has 8 heteroatoms. The van der Waals surface area contributed by atoms with Crippen molar-refractivity contribution in [3.63, 3.8) is 0 Å². The average Bonchev–Trinajstić information content (AvgIpc) is 3.07. The molecule has 0 bridgehead atoms. The van der Waals surface area contributed by atoms with Gasteiger partial charge in [-0.25, -0.2) is 0 Å². The van der Waals surface area contributed by atoms with Gasteiger partial charge in [-0.3, -0.25) is 14.4 Å². The van der Waals surface area contributed by atoms with Gasteiger partial charge in [0.25, 0.3) is 0 Å². The summed E-state index contributed by atoms with van der Waals surface area (Å²) in [6, 6.07) is -0.748. The maximum absolute atomic E-state index is 12.2. The number of piperazine rings is 1. The third kappa shape index (κ3) is 6.23. The molecule has 1 heterocycles. The molecule has 0 aromatic carbocycles. The maximum Gasteiger partial charge on any atom is 0.308 e. The number of thiocarbonyl (C=S) groups is 1. The fourth-order valence-electron chi connectivity index (χ4n) is 3.36. The number of hydrogen-bond acceptors (Lipinski definition) is 5. The minimum Gasteiger partial charge on any atom is -0.465 e. The number of esters is 1. The first-order chi connectivity index (χ1) is 12.4. The smallest absolute Gasteiger partial charge is 0.308 e. The third-order valence-electron chi connectivity index (χ3n) is 4.72. The monoisotopic (exact) mass is 383 g/mol. The van der Waals surface area contributed by atoms with Gasteiger partial charge in [-0.05, 0) is 36.9 Å². The summed E-state index contributed by atoms with van der Waals surface area (Å²) in [4.78, 5) is 38.1. The summed E-state index contributed by atoms with van der Waals surface area (Å²) in [6.45, 7) is 5.09. The van der Waals surface area contributed by atoms with E-state index in [9.17, 15) is 14.4 Å². The van der Waals surface area contributed by atoms with E-state index in [1.54, 1.807) is 4.90 Å². The summed E-state index contributed by atoms with van der Waals surface area (Å²) < 4.78 is 5.18. The minimum absolute atomic E-state index is 0.0861. The minimum atomic E-state index is -0.748. The Balaban J connectivity index is 1.90. The molecular weight excluding hydrogens is 354 g/mol. The molecule has 1 aliphatic heterocycles. The van der Waals surface area contributed by atoms with Crippen LogP contribution in [0.2, 0.25) is 0 Å². The Hall–Kier alpha value is -1.70. The second-order valence-corrected chi connectivity index (χ2v) is 7.88. The molecule has 0 spiro atoms. The Morgan fingerprint density at radius 1 is 1.31 bits per heavy atom. The number of rotatable bonds is 6. The van der Waals surface area contributed by atoms with Crippen LogP contribution in [0.25, 0.3) is 0 Å². The van der Waals surface area contributed by atoms with Gasteiger partial charge in [0, 0.05) is 19.5 Å². The van der Waals surface area contributed by atoms with Gasteiger partial charge in [0.15, 0.2) is 5.11 Å². The van der Waals surface area contributed by atoms with Crippen molar-refractivity contribution in [2.45, 2.75) is 58.4 Å². The van der Waals surface area contributed by atoms with Crippen molar-refractivity contribution in [3.8, 4) is 0 Å². The lowest BCUT2D eigenvalue weighted by molar-refractivity contribution is -0.148. The highest BCUT2D eigenvalue weighted by atomic mass is 32.1. The molecule has 146 valence electrons. The molecule has 2 fully saturated rings. The van der Waals surface area contributed by atoms with E-state index in [0.717, 1.165) is 12.8 Å². The van der Waals surface area contributed by atoms with Crippen LogP contribution in [0.15, 0.2) is 0 Å². The van der Waals surface area contributed by atoms with Gasteiger partial charge in [0.2, 0.25) is 11.8 Å². The van der Waals surface area contributed by atoms with E-state index in [1.165, 1.54) is 12.8 Å². The Morgan fingerprint density at radius 3 is 2.65 bits per heavy atom. The van der Waals surface area contributed by atoms with Gasteiger partial charge in [-0.15, -0.1) is 0 Å². The molecule has 0 radical (unpaired) electrons. The van der Waals surface area contributed by atoms with Gasteiger partial charge in [-0.2, -0.15) is 0 Å². The molecule has 2 rings (SSSR count). The van der Waals surface area contributed by atoms with E-state index in [4.69, 9.17) is 17.0 Å². The highest BCUT2D eigenvalue weighted by Crippen LogP contribution is 2.27. The van der Waals surface area contributed by atoms with Crippen molar-refractivity contribution >= 4 is 35.1 Å². The summed E-state index contributed by atoms with van der Waals surface area (Å²) >= 11 is 5.34. The second-order valence-electron chi connectivity index (χ2n) is 7.49. The molecule has 0 aromatic heterocycles. The van der Waals surface area contributed by atoms with Crippen molar-refractivity contribution in [2.75, 3.05) is 19.7 Å². The van der Waals surface area contributed by atoms with Crippen molar-refractivity contribution in [3.05, 3.63) is 0 Å². The average molecular weight is 384 g/mol. The lowest BCUT2D eigenvalue weighted by Gasteiger charge is -2.36. The highest BCUT2D eigenvalue weighted by Gasteiger charge is 2.34. The molecule has 0 aromatic rings. The zero-order valence-corrected chi connectivity index (χ0v) is 16.4. The molecule has 1 saturated heterocycles. The zero-order chi connectivity index (χ0) is 19.1. The lowest BCUT2D eigenvalue weighted by atomic mass is 10.0. The molecule has 1 aliphatic carbocycles. The van der Waals surface area contributed by atoms with E-state index >= 15 is 0 Å². The van der Waals surface area contributed by atoms with Gasteiger partial charge in [0.05, 0.1) is 13.0 Å². The fraction of sp³-hybridized carbons (Fsp3) is 0.778. The van der Waals surface area contributed by atoms with Crippen LogP contribution in [0.5, 0.6) is 0 Å². The van der Waals surface area contributed by atoms with Crippen LogP contribution in [0.1, 0.15) is 52.4 Å². The standard InChI is InChI=1S/C18H29N3O4S/c1-12(2)11-25-16(23)10-14-17(24)19-7-8-21(14)18(26)20-15(22)9-13-5-3-4-6-13/h12-14H,3-11H2,1-2H3,(H,19,24)(H,20,22,26). The summed E-state index contributed by atoms with van der Waals surface area (Å²) in [6.07, 6.45) is 4.89. The number of nitrogens with one attached hydrogen (secondary N) is 2. The predicted molar refractivity (Wildman–Crippen MR) is 101 cm³/mol. The van der Waals surface area contributed by atoms with E-state index in [2.05, 4.69) is 10.6 Å². The Kier molecular flexibility index (Phi) is 7.81. The summed E-state index contributed by atoms with van der Waals surface area (Å²) in [5.74, 6) is -0.180. The molecule has 2 aliphatic rings. The number of ether oxygens (including phenoxy) is 1. The molecule has 26 heavy (non-hydrogen) atoms. The molecule has 1 saturated carbocycles. The topological polar surface area (TPSA) is 87.7 Å². The van der Waals surface area contributed by atoms with Crippen molar-refractivity contribution in [1.29, 1.82) is 0 Å². The summed E-state index contributed by atoms with van der Waals surface area (Å²) in [5.41, 5.74) is 0.